The molecule has 0 fully saturated rings. The smallest absolute Gasteiger partial charge is 0.0187 e. The van der Waals surface area contributed by atoms with Gasteiger partial charge in [0.2, 0.25) is 0 Å². The van der Waals surface area contributed by atoms with Crippen LogP contribution < -0.4 is 0 Å². The van der Waals surface area contributed by atoms with Crippen molar-refractivity contribution in [2.24, 2.45) is 0 Å². The van der Waals surface area contributed by atoms with Crippen LogP contribution in [0.3, 0.4) is 0 Å². The Morgan fingerprint density at radius 3 is 2.05 bits per heavy atom. The van der Waals surface area contributed by atoms with Crippen LogP contribution in [0.5, 0.6) is 0 Å². The summed E-state index contributed by atoms with van der Waals surface area (Å²) in [5, 5.41) is 1.89. The van der Waals surface area contributed by atoms with Gasteiger partial charge < -0.3 is 0 Å². The SMILES string of the molecule is Cc1ccc(C(CBr)(CBr)Cc2cccc(C)c2)cc1. The van der Waals surface area contributed by atoms with Crippen LogP contribution in [-0.4, -0.2) is 10.7 Å². The zero-order valence-corrected chi connectivity index (χ0v) is 15.2. The third kappa shape index (κ3) is 3.53. The first-order chi connectivity index (χ1) is 9.59. The lowest BCUT2D eigenvalue weighted by Gasteiger charge is -2.31. The van der Waals surface area contributed by atoms with Crippen molar-refractivity contribution in [3.05, 3.63) is 70.8 Å². The number of halogens is 2. The van der Waals surface area contributed by atoms with Crippen LogP contribution in [0.1, 0.15) is 22.3 Å². The summed E-state index contributed by atoms with van der Waals surface area (Å²) in [6.45, 7) is 4.29. The van der Waals surface area contributed by atoms with E-state index in [4.69, 9.17) is 0 Å². The lowest BCUT2D eigenvalue weighted by atomic mass is 9.78. The molecule has 20 heavy (non-hydrogen) atoms. The second-order valence-electron chi connectivity index (χ2n) is 5.58. The summed E-state index contributed by atoms with van der Waals surface area (Å²) in [5.41, 5.74) is 5.51. The maximum Gasteiger partial charge on any atom is 0.0187 e. The first-order valence-corrected chi connectivity index (χ1v) is 9.08. The molecule has 0 atom stereocenters. The third-order valence-corrected chi connectivity index (χ3v) is 5.95. The fourth-order valence-electron chi connectivity index (χ4n) is 2.51. The summed E-state index contributed by atoms with van der Waals surface area (Å²) >= 11 is 7.47. The molecule has 2 aromatic rings. The Balaban J connectivity index is 2.36. The molecule has 0 radical (unpaired) electrons. The summed E-state index contributed by atoms with van der Waals surface area (Å²) in [7, 11) is 0. The quantitative estimate of drug-likeness (QED) is 0.580. The largest absolute Gasteiger partial charge is 0.0918 e. The molecule has 2 rings (SSSR count). The lowest BCUT2D eigenvalue weighted by molar-refractivity contribution is 0.551. The zero-order chi connectivity index (χ0) is 14.6. The molecule has 0 spiro atoms. The van der Waals surface area contributed by atoms with Crippen molar-refractivity contribution in [2.45, 2.75) is 25.7 Å². The predicted octanol–water partition coefficient (Wildman–Crippen LogP) is 5.57. The van der Waals surface area contributed by atoms with Crippen molar-refractivity contribution in [2.75, 3.05) is 10.7 Å². The van der Waals surface area contributed by atoms with Crippen LogP contribution in [-0.2, 0) is 11.8 Å². The maximum atomic E-state index is 3.73. The van der Waals surface area contributed by atoms with E-state index in [9.17, 15) is 0 Å². The molecule has 0 amide bonds. The average molecular weight is 396 g/mol. The van der Waals surface area contributed by atoms with E-state index in [0.717, 1.165) is 17.1 Å². The number of benzene rings is 2. The van der Waals surface area contributed by atoms with E-state index < -0.39 is 0 Å². The van der Waals surface area contributed by atoms with Crippen molar-refractivity contribution < 1.29 is 0 Å². The van der Waals surface area contributed by atoms with Crippen LogP contribution >= 0.6 is 31.9 Å². The Morgan fingerprint density at radius 2 is 1.50 bits per heavy atom. The number of aryl methyl sites for hydroxylation is 2. The van der Waals surface area contributed by atoms with E-state index in [2.05, 4.69) is 94.2 Å². The molecule has 0 aliphatic carbocycles. The van der Waals surface area contributed by atoms with Crippen LogP contribution in [0, 0.1) is 13.8 Å². The van der Waals surface area contributed by atoms with Crippen LogP contribution in [0.4, 0.5) is 0 Å². The summed E-state index contributed by atoms with van der Waals surface area (Å²) in [4.78, 5) is 0. The molecule has 0 N–H and O–H groups in total. The predicted molar refractivity (Wildman–Crippen MR) is 95.3 cm³/mol. The Bertz CT molecular complexity index is 554. The van der Waals surface area contributed by atoms with Crippen molar-refractivity contribution in [1.82, 2.24) is 0 Å². The zero-order valence-electron chi connectivity index (χ0n) is 12.0. The van der Waals surface area contributed by atoms with Crippen molar-refractivity contribution in [1.29, 1.82) is 0 Å². The molecule has 2 heteroatoms. The molecular formula is C18H20Br2. The van der Waals surface area contributed by atoms with Gasteiger partial charge in [-0.15, -0.1) is 0 Å². The molecule has 0 saturated heterocycles. The topological polar surface area (TPSA) is 0 Å². The van der Waals surface area contributed by atoms with E-state index in [1.54, 1.807) is 0 Å². The standard InChI is InChI=1S/C18H20Br2/c1-14-6-8-17(9-7-14)18(12-19,13-20)11-16-5-3-4-15(2)10-16/h3-10H,11-13H2,1-2H3. The van der Waals surface area contributed by atoms with Gasteiger partial charge in [-0.3, -0.25) is 0 Å². The minimum atomic E-state index is 0.0987. The molecule has 0 saturated carbocycles. The fourth-order valence-corrected chi connectivity index (χ4v) is 4.48. The highest BCUT2D eigenvalue weighted by molar-refractivity contribution is 9.09. The van der Waals surface area contributed by atoms with Gasteiger partial charge in [-0.05, 0) is 31.4 Å². The van der Waals surface area contributed by atoms with Crippen molar-refractivity contribution in [3.8, 4) is 0 Å². The molecule has 0 aliphatic heterocycles. The minimum absolute atomic E-state index is 0.0987. The van der Waals surface area contributed by atoms with E-state index in [0.29, 0.717) is 0 Å². The van der Waals surface area contributed by atoms with Crippen LogP contribution in [0.15, 0.2) is 48.5 Å². The third-order valence-electron chi connectivity index (χ3n) is 3.80. The van der Waals surface area contributed by atoms with Gasteiger partial charge in [-0.2, -0.15) is 0 Å². The Labute approximate surface area is 138 Å². The highest BCUT2D eigenvalue weighted by Gasteiger charge is 2.30. The van der Waals surface area contributed by atoms with Crippen LogP contribution in [0.25, 0.3) is 0 Å². The van der Waals surface area contributed by atoms with Gasteiger partial charge in [0.25, 0.3) is 0 Å². The Hall–Kier alpha value is -0.600. The highest BCUT2D eigenvalue weighted by Crippen LogP contribution is 2.33. The number of hydrogen-bond donors (Lipinski definition) is 0. The first-order valence-electron chi connectivity index (χ1n) is 6.84. The van der Waals surface area contributed by atoms with E-state index >= 15 is 0 Å². The van der Waals surface area contributed by atoms with E-state index in [-0.39, 0.29) is 5.41 Å². The summed E-state index contributed by atoms with van der Waals surface area (Å²) < 4.78 is 0. The van der Waals surface area contributed by atoms with Gasteiger partial charge in [0.05, 0.1) is 0 Å². The second kappa shape index (κ2) is 6.91. The molecule has 0 bridgehead atoms. The molecule has 0 aliphatic rings. The normalized spacial score (nSPS) is 11.6. The van der Waals surface area contributed by atoms with Gasteiger partial charge in [0.15, 0.2) is 0 Å². The molecule has 106 valence electrons. The van der Waals surface area contributed by atoms with E-state index in [1.165, 1.54) is 22.3 Å². The molecule has 0 nitrogen and oxygen atoms in total. The molecule has 0 heterocycles. The molecule has 0 aromatic heterocycles. The number of alkyl halides is 2. The number of rotatable bonds is 5. The molecular weight excluding hydrogens is 376 g/mol. The monoisotopic (exact) mass is 394 g/mol. The minimum Gasteiger partial charge on any atom is -0.0918 e. The fraction of sp³-hybridized carbons (Fsp3) is 0.333. The second-order valence-corrected chi connectivity index (χ2v) is 6.70. The van der Waals surface area contributed by atoms with Gasteiger partial charge in [-0.25, -0.2) is 0 Å². The van der Waals surface area contributed by atoms with Crippen LogP contribution in [0.2, 0.25) is 0 Å². The Kier molecular flexibility index (Phi) is 5.45. The molecule has 0 unspecified atom stereocenters. The highest BCUT2D eigenvalue weighted by atomic mass is 79.9. The van der Waals surface area contributed by atoms with Gasteiger partial charge in [0.1, 0.15) is 0 Å². The summed E-state index contributed by atoms with van der Waals surface area (Å²) in [6, 6.07) is 17.7. The van der Waals surface area contributed by atoms with Gasteiger partial charge >= 0.3 is 0 Å². The number of hydrogen-bond acceptors (Lipinski definition) is 0. The Morgan fingerprint density at radius 1 is 0.850 bits per heavy atom. The summed E-state index contributed by atoms with van der Waals surface area (Å²) in [6.07, 6.45) is 1.04. The van der Waals surface area contributed by atoms with Crippen molar-refractivity contribution >= 4 is 31.9 Å². The van der Waals surface area contributed by atoms with Crippen molar-refractivity contribution in [3.63, 3.8) is 0 Å². The summed E-state index contributed by atoms with van der Waals surface area (Å²) in [5.74, 6) is 0. The van der Waals surface area contributed by atoms with Gasteiger partial charge in [0, 0.05) is 16.1 Å². The van der Waals surface area contributed by atoms with E-state index in [1.807, 2.05) is 0 Å². The maximum absolute atomic E-state index is 3.73. The van der Waals surface area contributed by atoms with Gasteiger partial charge in [-0.1, -0.05) is 91.5 Å². The average Bonchev–Trinajstić information content (AvgIpc) is 2.46. The molecule has 2 aromatic carbocycles. The first kappa shape index (κ1) is 15.8. The lowest BCUT2D eigenvalue weighted by Crippen LogP contribution is -2.33.